The van der Waals surface area contributed by atoms with E-state index in [1.165, 1.54) is 6.42 Å². The van der Waals surface area contributed by atoms with Crippen LogP contribution in [-0.2, 0) is 9.59 Å². The van der Waals surface area contributed by atoms with Gasteiger partial charge in [0.05, 0.1) is 11.3 Å². The average Bonchev–Trinajstić information content (AvgIpc) is 3.01. The van der Waals surface area contributed by atoms with Gasteiger partial charge in [0.1, 0.15) is 0 Å². The van der Waals surface area contributed by atoms with E-state index in [0.717, 1.165) is 32.1 Å². The summed E-state index contributed by atoms with van der Waals surface area (Å²) >= 11 is 7.52. The Morgan fingerprint density at radius 1 is 1.10 bits per heavy atom. The van der Waals surface area contributed by atoms with E-state index in [2.05, 4.69) is 38.8 Å². The van der Waals surface area contributed by atoms with Gasteiger partial charge in [0, 0.05) is 15.7 Å². The minimum atomic E-state index is -0.461. The average molecular weight is 419 g/mol. The van der Waals surface area contributed by atoms with Crippen molar-refractivity contribution in [3.05, 3.63) is 0 Å². The molecule has 1 aliphatic heterocycles. The number of hydrogen-bond donors (Lipinski definition) is 0. The Kier molecular flexibility index (Phi) is 3.35. The first-order valence-corrected chi connectivity index (χ1v) is 9.96. The number of halogens is 2. The molecular formula is C16H21Br2NO2. The number of imide groups is 1. The van der Waals surface area contributed by atoms with Crippen molar-refractivity contribution in [2.45, 2.75) is 61.1 Å². The second kappa shape index (κ2) is 4.80. The smallest absolute Gasteiger partial charge is 0.236 e. The number of amides is 2. The molecule has 4 aliphatic rings. The van der Waals surface area contributed by atoms with Crippen molar-refractivity contribution in [2.24, 2.45) is 23.2 Å². The zero-order chi connectivity index (χ0) is 14.9. The molecule has 0 aromatic heterocycles. The summed E-state index contributed by atoms with van der Waals surface area (Å²) < 4.78 is 0. The zero-order valence-corrected chi connectivity index (χ0v) is 15.4. The van der Waals surface area contributed by atoms with Crippen molar-refractivity contribution in [1.29, 1.82) is 0 Å². The van der Waals surface area contributed by atoms with Gasteiger partial charge in [-0.1, -0.05) is 51.1 Å². The van der Waals surface area contributed by atoms with Crippen LogP contribution >= 0.6 is 31.9 Å². The number of nitrogens with zero attached hydrogens (tertiary/aromatic N) is 1. The molecule has 4 fully saturated rings. The molecule has 116 valence electrons. The Balaban J connectivity index is 1.70. The van der Waals surface area contributed by atoms with Gasteiger partial charge in [-0.3, -0.25) is 14.5 Å². The summed E-state index contributed by atoms with van der Waals surface area (Å²) in [5.41, 5.74) is -0.461. The molecule has 4 rings (SSSR count). The summed E-state index contributed by atoms with van der Waals surface area (Å²) in [7, 11) is 0. The molecule has 0 N–H and O–H groups in total. The topological polar surface area (TPSA) is 37.4 Å². The predicted octanol–water partition coefficient (Wildman–Crippen LogP) is 3.49. The summed E-state index contributed by atoms with van der Waals surface area (Å²) in [4.78, 5) is 28.5. The molecule has 0 radical (unpaired) electrons. The van der Waals surface area contributed by atoms with Gasteiger partial charge >= 0.3 is 0 Å². The van der Waals surface area contributed by atoms with Crippen LogP contribution < -0.4 is 0 Å². The molecule has 6 atom stereocenters. The van der Waals surface area contributed by atoms with Crippen molar-refractivity contribution in [1.82, 2.24) is 4.90 Å². The molecule has 1 heterocycles. The molecular weight excluding hydrogens is 398 g/mol. The first kappa shape index (κ1) is 14.7. The maximum atomic E-state index is 13.1. The van der Waals surface area contributed by atoms with Crippen LogP contribution in [0.5, 0.6) is 0 Å². The third kappa shape index (κ3) is 1.71. The minimum Gasteiger partial charge on any atom is -0.279 e. The molecule has 21 heavy (non-hydrogen) atoms. The minimum absolute atomic E-state index is 0.0879. The lowest BCUT2D eigenvalue weighted by atomic mass is 9.69. The standard InChI is InChI=1S/C16H21Br2NO2/c1-16-10-7-9(12(17)13(10)18)11(16)14(20)19(15(16)21)8-5-3-2-4-6-8/h8-13H,2-7H2,1H3/t9-,10+,11-,12-,13+,16+/m1/s1. The van der Waals surface area contributed by atoms with E-state index >= 15 is 0 Å². The highest BCUT2D eigenvalue weighted by Gasteiger charge is 2.73. The SMILES string of the molecule is C[C@@]12C(=O)N(C3CCCCC3)C(=O)[C@H]1[C@H]1C[C@H]2[C@H](Br)[C@@H]1Br. The van der Waals surface area contributed by atoms with Crippen LogP contribution in [0.1, 0.15) is 45.4 Å². The van der Waals surface area contributed by atoms with Crippen LogP contribution in [0.4, 0.5) is 0 Å². The van der Waals surface area contributed by atoms with E-state index in [-0.39, 0.29) is 23.8 Å². The summed E-state index contributed by atoms with van der Waals surface area (Å²) in [5.74, 6) is 0.776. The number of fused-ring (bicyclic) bond motifs is 5. The predicted molar refractivity (Wildman–Crippen MR) is 87.4 cm³/mol. The van der Waals surface area contributed by atoms with Crippen molar-refractivity contribution in [3.8, 4) is 0 Å². The second-order valence-electron chi connectivity index (χ2n) is 7.46. The maximum absolute atomic E-state index is 13.1. The molecule has 3 saturated carbocycles. The Morgan fingerprint density at radius 3 is 2.43 bits per heavy atom. The molecule has 2 bridgehead atoms. The summed E-state index contributed by atoms with van der Waals surface area (Å²) in [6.45, 7) is 2.05. The van der Waals surface area contributed by atoms with Crippen molar-refractivity contribution < 1.29 is 9.59 Å². The summed E-state index contributed by atoms with van der Waals surface area (Å²) in [5, 5.41) is 0. The van der Waals surface area contributed by atoms with Crippen molar-refractivity contribution >= 4 is 43.7 Å². The fourth-order valence-electron chi connectivity index (χ4n) is 5.51. The fraction of sp³-hybridized carbons (Fsp3) is 0.875. The van der Waals surface area contributed by atoms with Gasteiger partial charge in [0.15, 0.2) is 0 Å². The normalized spacial score (nSPS) is 50.0. The number of carbonyl (C=O) groups is 2. The van der Waals surface area contributed by atoms with Gasteiger partial charge in [-0.2, -0.15) is 0 Å². The van der Waals surface area contributed by atoms with E-state index in [4.69, 9.17) is 0 Å². The van der Waals surface area contributed by atoms with Gasteiger partial charge in [0.25, 0.3) is 0 Å². The quantitative estimate of drug-likeness (QED) is 0.482. The Labute approximate surface area is 142 Å². The number of carbonyl (C=O) groups excluding carboxylic acids is 2. The molecule has 3 aliphatic carbocycles. The summed E-state index contributed by atoms with van der Waals surface area (Å²) in [6.07, 6.45) is 6.56. The van der Waals surface area contributed by atoms with Gasteiger partial charge < -0.3 is 0 Å². The molecule has 1 saturated heterocycles. The van der Waals surface area contributed by atoms with Crippen LogP contribution in [-0.4, -0.2) is 32.4 Å². The van der Waals surface area contributed by atoms with E-state index in [1.807, 2.05) is 0 Å². The van der Waals surface area contributed by atoms with Crippen LogP contribution in [0.2, 0.25) is 0 Å². The van der Waals surface area contributed by atoms with Gasteiger partial charge in [-0.25, -0.2) is 0 Å². The lowest BCUT2D eigenvalue weighted by Crippen LogP contribution is -2.46. The Bertz CT molecular complexity index is 505. The molecule has 0 aromatic carbocycles. The van der Waals surface area contributed by atoms with E-state index in [9.17, 15) is 9.59 Å². The Morgan fingerprint density at radius 2 is 1.76 bits per heavy atom. The van der Waals surface area contributed by atoms with Crippen molar-refractivity contribution in [2.75, 3.05) is 0 Å². The third-order valence-corrected chi connectivity index (χ3v) is 9.76. The molecule has 0 aromatic rings. The molecule has 5 heteroatoms. The van der Waals surface area contributed by atoms with E-state index in [1.54, 1.807) is 4.90 Å². The highest BCUT2D eigenvalue weighted by atomic mass is 79.9. The van der Waals surface area contributed by atoms with Crippen LogP contribution in [0.25, 0.3) is 0 Å². The molecule has 0 spiro atoms. The lowest BCUT2D eigenvalue weighted by molar-refractivity contribution is -0.145. The van der Waals surface area contributed by atoms with Crippen LogP contribution in [0, 0.1) is 23.2 Å². The van der Waals surface area contributed by atoms with Gasteiger partial charge in [-0.15, -0.1) is 0 Å². The zero-order valence-electron chi connectivity index (χ0n) is 12.2. The first-order valence-electron chi connectivity index (χ1n) is 8.13. The lowest BCUT2D eigenvalue weighted by Gasteiger charge is -2.37. The van der Waals surface area contributed by atoms with Crippen LogP contribution in [0.3, 0.4) is 0 Å². The Hall–Kier alpha value is 0.1000. The highest BCUT2D eigenvalue weighted by molar-refractivity contribution is 9.12. The van der Waals surface area contributed by atoms with Crippen molar-refractivity contribution in [3.63, 3.8) is 0 Å². The number of hydrogen-bond acceptors (Lipinski definition) is 2. The fourth-order valence-corrected chi connectivity index (χ4v) is 7.55. The number of rotatable bonds is 1. The number of alkyl halides is 2. The monoisotopic (exact) mass is 417 g/mol. The molecule has 3 nitrogen and oxygen atoms in total. The second-order valence-corrected chi connectivity index (χ2v) is 9.58. The summed E-state index contributed by atoms with van der Waals surface area (Å²) in [6, 6.07) is 0.170. The van der Waals surface area contributed by atoms with Gasteiger partial charge in [0.2, 0.25) is 11.8 Å². The molecule has 2 amide bonds. The van der Waals surface area contributed by atoms with E-state index < -0.39 is 5.41 Å². The highest BCUT2D eigenvalue weighted by Crippen LogP contribution is 2.66. The first-order chi connectivity index (χ1) is 9.98. The van der Waals surface area contributed by atoms with E-state index in [0.29, 0.717) is 21.5 Å². The van der Waals surface area contributed by atoms with Gasteiger partial charge in [-0.05, 0) is 38.0 Å². The largest absolute Gasteiger partial charge is 0.279 e. The third-order valence-electron chi connectivity index (χ3n) is 6.59. The maximum Gasteiger partial charge on any atom is 0.236 e. The van der Waals surface area contributed by atoms with Crippen LogP contribution in [0.15, 0.2) is 0 Å². The molecule has 0 unspecified atom stereocenters. The number of likely N-dealkylation sites (tertiary alicyclic amines) is 1.